The second kappa shape index (κ2) is 6.40. The van der Waals surface area contributed by atoms with E-state index in [1.54, 1.807) is 0 Å². The minimum Gasteiger partial charge on any atom is -0.306 e. The zero-order chi connectivity index (χ0) is 13.9. The number of hydrogen-bond donors (Lipinski definition) is 1. The lowest BCUT2D eigenvalue weighted by Crippen LogP contribution is -2.24. The van der Waals surface area contributed by atoms with Crippen molar-refractivity contribution in [2.45, 2.75) is 23.9 Å². The van der Waals surface area contributed by atoms with Gasteiger partial charge in [-0.2, -0.15) is 0 Å². The van der Waals surface area contributed by atoms with E-state index in [0.29, 0.717) is 6.04 Å². The number of rotatable bonds is 3. The summed E-state index contributed by atoms with van der Waals surface area (Å²) in [7, 11) is 0. The van der Waals surface area contributed by atoms with Gasteiger partial charge in [0.15, 0.2) is 0 Å². The van der Waals surface area contributed by atoms with Crippen LogP contribution in [0.4, 0.5) is 0 Å². The van der Waals surface area contributed by atoms with E-state index in [0.717, 1.165) is 28.8 Å². The quantitative estimate of drug-likeness (QED) is 0.820. The highest BCUT2D eigenvalue weighted by molar-refractivity contribution is 7.99. The summed E-state index contributed by atoms with van der Waals surface area (Å²) in [5.41, 5.74) is 2.52. The summed E-state index contributed by atoms with van der Waals surface area (Å²) in [6.07, 6.45) is 1.12. The number of fused-ring (bicyclic) bond motifs is 1. The number of benzene rings is 2. The van der Waals surface area contributed by atoms with Gasteiger partial charge in [-0.1, -0.05) is 35.3 Å². The van der Waals surface area contributed by atoms with Gasteiger partial charge in [-0.05, 0) is 53.6 Å². The Hall–Kier alpha value is -0.670. The first-order valence-corrected chi connectivity index (χ1v) is 8.36. The molecule has 0 aliphatic carbocycles. The lowest BCUT2D eigenvalue weighted by atomic mass is 10.0. The van der Waals surface area contributed by atoms with E-state index in [2.05, 4.69) is 23.5 Å². The van der Waals surface area contributed by atoms with Gasteiger partial charge in [0.2, 0.25) is 0 Å². The SMILES string of the molecule is Clc1cccc(CNC2CCSc3ccc(Cl)cc32)c1. The van der Waals surface area contributed by atoms with Crippen molar-refractivity contribution < 1.29 is 0 Å². The van der Waals surface area contributed by atoms with Crippen molar-refractivity contribution in [1.29, 1.82) is 0 Å². The third-order valence-corrected chi connectivity index (χ3v) is 5.05. The van der Waals surface area contributed by atoms with Crippen LogP contribution in [0.5, 0.6) is 0 Å². The predicted molar refractivity (Wildman–Crippen MR) is 87.8 cm³/mol. The standard InChI is InChI=1S/C16H15Cl2NS/c17-12-3-1-2-11(8-12)10-19-15-6-7-20-16-5-4-13(18)9-14(15)16/h1-5,8-9,15,19H,6-7,10H2. The molecule has 1 aliphatic rings. The van der Waals surface area contributed by atoms with E-state index < -0.39 is 0 Å². The molecule has 3 rings (SSSR count). The number of nitrogens with one attached hydrogen (secondary N) is 1. The average Bonchev–Trinajstić information content (AvgIpc) is 2.45. The molecule has 1 N–H and O–H groups in total. The molecule has 2 aromatic rings. The molecule has 0 amide bonds. The number of halogens is 2. The Morgan fingerprint density at radius 2 is 1.95 bits per heavy atom. The third kappa shape index (κ3) is 3.32. The van der Waals surface area contributed by atoms with Crippen LogP contribution in [0.2, 0.25) is 10.0 Å². The van der Waals surface area contributed by atoms with Gasteiger partial charge in [0.05, 0.1) is 0 Å². The molecule has 0 spiro atoms. The van der Waals surface area contributed by atoms with E-state index in [-0.39, 0.29) is 0 Å². The Kier molecular flexibility index (Phi) is 4.57. The second-order valence-electron chi connectivity index (χ2n) is 4.88. The van der Waals surface area contributed by atoms with Crippen LogP contribution in [0.25, 0.3) is 0 Å². The first-order chi connectivity index (χ1) is 9.72. The molecule has 1 heterocycles. The van der Waals surface area contributed by atoms with Crippen LogP contribution < -0.4 is 5.32 Å². The summed E-state index contributed by atoms with van der Waals surface area (Å²) < 4.78 is 0. The highest BCUT2D eigenvalue weighted by Crippen LogP contribution is 2.37. The van der Waals surface area contributed by atoms with Gasteiger partial charge in [0, 0.05) is 27.5 Å². The van der Waals surface area contributed by atoms with E-state index in [1.807, 2.05) is 36.0 Å². The van der Waals surface area contributed by atoms with Crippen LogP contribution in [0.15, 0.2) is 47.4 Å². The minimum atomic E-state index is 0.365. The molecule has 0 radical (unpaired) electrons. The first kappa shape index (κ1) is 14.3. The molecule has 20 heavy (non-hydrogen) atoms. The molecule has 0 fully saturated rings. The maximum Gasteiger partial charge on any atom is 0.0410 e. The highest BCUT2D eigenvalue weighted by Gasteiger charge is 2.20. The van der Waals surface area contributed by atoms with Crippen LogP contribution in [0.3, 0.4) is 0 Å². The first-order valence-electron chi connectivity index (χ1n) is 6.62. The maximum absolute atomic E-state index is 6.13. The Labute approximate surface area is 133 Å². The fourth-order valence-corrected chi connectivity index (χ4v) is 3.96. The topological polar surface area (TPSA) is 12.0 Å². The Balaban J connectivity index is 1.75. The molecule has 4 heteroatoms. The van der Waals surface area contributed by atoms with Crippen molar-refractivity contribution in [2.24, 2.45) is 0 Å². The lowest BCUT2D eigenvalue weighted by Gasteiger charge is -2.26. The van der Waals surface area contributed by atoms with Gasteiger partial charge in [-0.3, -0.25) is 0 Å². The van der Waals surface area contributed by atoms with Crippen LogP contribution in [0, 0.1) is 0 Å². The van der Waals surface area contributed by atoms with Crippen LogP contribution in [0.1, 0.15) is 23.6 Å². The van der Waals surface area contributed by atoms with Gasteiger partial charge in [0.25, 0.3) is 0 Å². The van der Waals surface area contributed by atoms with E-state index in [1.165, 1.54) is 16.0 Å². The van der Waals surface area contributed by atoms with Crippen LogP contribution in [-0.4, -0.2) is 5.75 Å². The predicted octanol–water partition coefficient (Wildman–Crippen LogP) is 5.32. The third-order valence-electron chi connectivity index (χ3n) is 3.45. The normalized spacial score (nSPS) is 17.8. The number of thioether (sulfide) groups is 1. The van der Waals surface area contributed by atoms with Crippen LogP contribution in [-0.2, 0) is 6.54 Å². The highest BCUT2D eigenvalue weighted by atomic mass is 35.5. The largest absolute Gasteiger partial charge is 0.306 e. The number of hydrogen-bond acceptors (Lipinski definition) is 2. The fourth-order valence-electron chi connectivity index (χ4n) is 2.47. The minimum absolute atomic E-state index is 0.365. The zero-order valence-corrected chi connectivity index (χ0v) is 13.2. The molecular formula is C16H15Cl2NS. The van der Waals surface area contributed by atoms with Crippen LogP contribution >= 0.6 is 35.0 Å². The van der Waals surface area contributed by atoms with Gasteiger partial charge < -0.3 is 5.32 Å². The van der Waals surface area contributed by atoms with E-state index in [9.17, 15) is 0 Å². The molecule has 0 saturated carbocycles. The summed E-state index contributed by atoms with van der Waals surface area (Å²) in [6.45, 7) is 0.821. The zero-order valence-electron chi connectivity index (χ0n) is 10.9. The Morgan fingerprint density at radius 3 is 2.80 bits per heavy atom. The molecule has 0 aromatic heterocycles. The molecule has 0 saturated heterocycles. The molecular weight excluding hydrogens is 309 g/mol. The molecule has 1 nitrogen and oxygen atoms in total. The summed E-state index contributed by atoms with van der Waals surface area (Å²) in [4.78, 5) is 1.34. The molecule has 1 atom stereocenters. The molecule has 104 valence electrons. The molecule has 0 bridgehead atoms. The van der Waals surface area contributed by atoms with Gasteiger partial charge in [-0.15, -0.1) is 11.8 Å². The smallest absolute Gasteiger partial charge is 0.0410 e. The van der Waals surface area contributed by atoms with E-state index in [4.69, 9.17) is 23.2 Å². The van der Waals surface area contributed by atoms with Crippen molar-refractivity contribution in [1.82, 2.24) is 5.32 Å². The lowest BCUT2D eigenvalue weighted by molar-refractivity contribution is 0.510. The molecule has 2 aromatic carbocycles. The summed E-state index contributed by atoms with van der Waals surface area (Å²) in [5.74, 6) is 1.14. The maximum atomic E-state index is 6.13. The van der Waals surface area contributed by atoms with E-state index >= 15 is 0 Å². The second-order valence-corrected chi connectivity index (χ2v) is 6.89. The fraction of sp³-hybridized carbons (Fsp3) is 0.250. The Morgan fingerprint density at radius 1 is 1.10 bits per heavy atom. The van der Waals surface area contributed by atoms with Crippen molar-refractivity contribution >= 4 is 35.0 Å². The van der Waals surface area contributed by atoms with Crippen molar-refractivity contribution in [3.63, 3.8) is 0 Å². The average molecular weight is 324 g/mol. The van der Waals surface area contributed by atoms with Gasteiger partial charge in [-0.25, -0.2) is 0 Å². The van der Waals surface area contributed by atoms with Gasteiger partial charge >= 0.3 is 0 Å². The van der Waals surface area contributed by atoms with Crippen molar-refractivity contribution in [3.8, 4) is 0 Å². The summed E-state index contributed by atoms with van der Waals surface area (Å²) >= 11 is 14.1. The molecule has 1 aliphatic heterocycles. The van der Waals surface area contributed by atoms with Gasteiger partial charge in [0.1, 0.15) is 0 Å². The Bertz CT molecular complexity index is 615. The summed E-state index contributed by atoms with van der Waals surface area (Å²) in [5, 5.41) is 5.21. The summed E-state index contributed by atoms with van der Waals surface area (Å²) in [6, 6.07) is 14.5. The monoisotopic (exact) mass is 323 g/mol. The van der Waals surface area contributed by atoms with Crippen molar-refractivity contribution in [3.05, 3.63) is 63.6 Å². The molecule has 1 unspecified atom stereocenters. The van der Waals surface area contributed by atoms with Crippen molar-refractivity contribution in [2.75, 3.05) is 5.75 Å².